The molecule has 1 N–H and O–H groups in total. The van der Waals surface area contributed by atoms with Gasteiger partial charge in [-0.1, -0.05) is 61.6 Å². The van der Waals surface area contributed by atoms with E-state index in [4.69, 9.17) is 4.74 Å². The van der Waals surface area contributed by atoms with Crippen molar-refractivity contribution in [3.8, 4) is 17.6 Å². The van der Waals surface area contributed by atoms with Gasteiger partial charge in [0.2, 0.25) is 0 Å². The molecule has 3 rings (SSSR count). The normalized spacial score (nSPS) is 10.3. The summed E-state index contributed by atoms with van der Waals surface area (Å²) < 4.78 is 5.94. The number of fused-ring (bicyclic) bond motifs is 1. The van der Waals surface area contributed by atoms with Crippen LogP contribution >= 0.6 is 0 Å². The van der Waals surface area contributed by atoms with E-state index in [1.807, 2.05) is 48.5 Å². The molecule has 27 heavy (non-hydrogen) atoms. The Labute approximate surface area is 158 Å². The van der Waals surface area contributed by atoms with Crippen LogP contribution in [0.3, 0.4) is 0 Å². The van der Waals surface area contributed by atoms with Crippen LogP contribution in [-0.4, -0.2) is 16.1 Å². The highest BCUT2D eigenvalue weighted by Crippen LogP contribution is 2.28. The fourth-order valence-electron chi connectivity index (χ4n) is 2.71. The molecule has 0 aliphatic rings. The lowest BCUT2D eigenvalue weighted by molar-refractivity contribution is 0.0690. The van der Waals surface area contributed by atoms with E-state index in [2.05, 4.69) is 23.7 Å². The lowest BCUT2D eigenvalue weighted by Crippen LogP contribution is -2.04. The van der Waals surface area contributed by atoms with Crippen LogP contribution < -0.4 is 4.74 Å². The number of aromatic carboxylic acids is 1. The van der Waals surface area contributed by atoms with E-state index in [1.54, 1.807) is 0 Å². The van der Waals surface area contributed by atoms with Crippen molar-refractivity contribution in [1.29, 1.82) is 0 Å². The van der Waals surface area contributed by atoms with Crippen LogP contribution in [0.5, 0.6) is 5.75 Å². The molecule has 0 atom stereocenters. The van der Waals surface area contributed by atoms with Crippen molar-refractivity contribution in [2.75, 3.05) is 0 Å². The molecule has 0 aliphatic carbocycles. The molecular weight excluding hydrogens is 338 g/mol. The highest BCUT2D eigenvalue weighted by molar-refractivity contribution is 5.95. The highest BCUT2D eigenvalue weighted by atomic mass is 16.5. The Balaban J connectivity index is 2.01. The second-order valence-electron chi connectivity index (χ2n) is 6.19. The minimum atomic E-state index is -1.09. The molecule has 0 fully saturated rings. The van der Waals surface area contributed by atoms with Gasteiger partial charge in [-0.25, -0.2) is 9.78 Å². The molecule has 4 heteroatoms. The van der Waals surface area contributed by atoms with E-state index in [9.17, 15) is 9.90 Å². The van der Waals surface area contributed by atoms with Gasteiger partial charge in [0, 0.05) is 17.9 Å². The quantitative estimate of drug-likeness (QED) is 0.494. The number of para-hydroxylation sites is 1. The third kappa shape index (κ3) is 4.65. The molecule has 3 aromatic rings. The van der Waals surface area contributed by atoms with Gasteiger partial charge in [0.15, 0.2) is 5.69 Å². The molecule has 0 unspecified atom stereocenters. The predicted octanol–water partition coefficient (Wildman–Crippen LogP) is 5.05. The minimum Gasteiger partial charge on any atom is -0.488 e. The van der Waals surface area contributed by atoms with E-state index in [0.717, 1.165) is 35.8 Å². The molecule has 0 spiro atoms. The fourth-order valence-corrected chi connectivity index (χ4v) is 2.71. The molecule has 0 bridgehead atoms. The SMILES string of the molecule is CCCCC#Cc1cccc2c(OCc3ccccc3)cc(C(=O)O)nc12. The van der Waals surface area contributed by atoms with E-state index in [0.29, 0.717) is 17.9 Å². The first-order chi connectivity index (χ1) is 13.2. The van der Waals surface area contributed by atoms with Gasteiger partial charge in [0.05, 0.1) is 11.1 Å². The standard InChI is InChI=1S/C23H21NO3/c1-2-3-4-8-12-18-13-9-14-19-21(15-20(23(25)26)24-22(18)19)27-16-17-10-6-5-7-11-17/h5-7,9-11,13-15H,2-4,16H2,1H3,(H,25,26). The summed E-state index contributed by atoms with van der Waals surface area (Å²) >= 11 is 0. The third-order valence-electron chi connectivity index (χ3n) is 4.14. The Hall–Kier alpha value is -3.32. The minimum absolute atomic E-state index is 0.0478. The smallest absolute Gasteiger partial charge is 0.354 e. The topological polar surface area (TPSA) is 59.4 Å². The largest absolute Gasteiger partial charge is 0.488 e. The van der Waals surface area contributed by atoms with Crippen molar-refractivity contribution in [2.24, 2.45) is 0 Å². The van der Waals surface area contributed by atoms with Crippen LogP contribution in [0.1, 0.15) is 47.8 Å². The molecule has 0 saturated heterocycles. The van der Waals surface area contributed by atoms with Crippen LogP contribution in [0.2, 0.25) is 0 Å². The van der Waals surface area contributed by atoms with Gasteiger partial charge in [-0.05, 0) is 24.1 Å². The number of hydrogen-bond donors (Lipinski definition) is 1. The maximum atomic E-state index is 11.5. The second-order valence-corrected chi connectivity index (χ2v) is 6.19. The summed E-state index contributed by atoms with van der Waals surface area (Å²) in [6, 6.07) is 16.9. The van der Waals surface area contributed by atoms with Crippen LogP contribution in [-0.2, 0) is 6.61 Å². The molecule has 0 saturated carbocycles. The van der Waals surface area contributed by atoms with Crippen LogP contribution in [0, 0.1) is 11.8 Å². The molecule has 0 aliphatic heterocycles. The summed E-state index contributed by atoms with van der Waals surface area (Å²) in [6.07, 6.45) is 2.93. The Kier molecular flexibility index (Phi) is 6.06. The number of nitrogens with zero attached hydrogens (tertiary/aromatic N) is 1. The lowest BCUT2D eigenvalue weighted by Gasteiger charge is -2.11. The van der Waals surface area contributed by atoms with Gasteiger partial charge >= 0.3 is 5.97 Å². The average molecular weight is 359 g/mol. The zero-order valence-corrected chi connectivity index (χ0v) is 15.2. The fraction of sp³-hybridized carbons (Fsp3) is 0.217. The summed E-state index contributed by atoms with van der Waals surface area (Å²) in [5.74, 6) is 5.68. The monoisotopic (exact) mass is 359 g/mol. The first-order valence-electron chi connectivity index (χ1n) is 9.01. The molecule has 2 aromatic carbocycles. The summed E-state index contributed by atoms with van der Waals surface area (Å²) in [5.41, 5.74) is 2.24. The van der Waals surface area contributed by atoms with Gasteiger partial charge < -0.3 is 9.84 Å². The van der Waals surface area contributed by atoms with Crippen molar-refractivity contribution < 1.29 is 14.6 Å². The Morgan fingerprint density at radius 2 is 1.96 bits per heavy atom. The number of carboxylic acid groups (broad SMARTS) is 1. The van der Waals surface area contributed by atoms with Crippen molar-refractivity contribution in [3.63, 3.8) is 0 Å². The maximum Gasteiger partial charge on any atom is 0.354 e. The van der Waals surface area contributed by atoms with Gasteiger partial charge in [0.1, 0.15) is 12.4 Å². The second kappa shape index (κ2) is 8.86. The number of unbranched alkanes of at least 4 members (excludes halogenated alkanes) is 2. The number of hydrogen-bond acceptors (Lipinski definition) is 3. The van der Waals surface area contributed by atoms with E-state index in [-0.39, 0.29) is 5.69 Å². The molecule has 4 nitrogen and oxygen atoms in total. The Bertz CT molecular complexity index is 1000. The van der Waals surface area contributed by atoms with Gasteiger partial charge in [0.25, 0.3) is 0 Å². The zero-order chi connectivity index (χ0) is 19.1. The van der Waals surface area contributed by atoms with Crippen LogP contribution in [0.4, 0.5) is 0 Å². The van der Waals surface area contributed by atoms with Crippen molar-refractivity contribution in [1.82, 2.24) is 4.98 Å². The number of ether oxygens (including phenoxy) is 1. The number of rotatable bonds is 6. The van der Waals surface area contributed by atoms with Crippen molar-refractivity contribution in [3.05, 3.63) is 71.4 Å². The summed E-state index contributed by atoms with van der Waals surface area (Å²) in [7, 11) is 0. The Morgan fingerprint density at radius 1 is 1.15 bits per heavy atom. The Morgan fingerprint density at radius 3 is 2.70 bits per heavy atom. The summed E-state index contributed by atoms with van der Waals surface area (Å²) in [5, 5.41) is 10.2. The number of carbonyl (C=O) groups is 1. The summed E-state index contributed by atoms with van der Waals surface area (Å²) in [4.78, 5) is 15.8. The predicted molar refractivity (Wildman–Crippen MR) is 106 cm³/mol. The maximum absolute atomic E-state index is 11.5. The van der Waals surface area contributed by atoms with E-state index in [1.165, 1.54) is 6.07 Å². The van der Waals surface area contributed by atoms with Gasteiger partial charge in [-0.15, -0.1) is 0 Å². The number of pyridine rings is 1. The van der Waals surface area contributed by atoms with E-state index < -0.39 is 5.97 Å². The molecular formula is C23H21NO3. The van der Waals surface area contributed by atoms with Gasteiger partial charge in [-0.2, -0.15) is 0 Å². The molecule has 0 radical (unpaired) electrons. The molecule has 1 heterocycles. The van der Waals surface area contributed by atoms with E-state index >= 15 is 0 Å². The van der Waals surface area contributed by atoms with Crippen LogP contribution in [0.25, 0.3) is 10.9 Å². The lowest BCUT2D eigenvalue weighted by atomic mass is 10.1. The first kappa shape index (κ1) is 18.5. The highest BCUT2D eigenvalue weighted by Gasteiger charge is 2.14. The third-order valence-corrected chi connectivity index (χ3v) is 4.14. The molecule has 0 amide bonds. The number of carboxylic acids is 1. The molecule has 1 aromatic heterocycles. The molecule has 136 valence electrons. The number of benzene rings is 2. The first-order valence-corrected chi connectivity index (χ1v) is 9.01. The van der Waals surface area contributed by atoms with Crippen molar-refractivity contribution >= 4 is 16.9 Å². The summed E-state index contributed by atoms with van der Waals surface area (Å²) in [6.45, 7) is 2.47. The zero-order valence-electron chi connectivity index (χ0n) is 15.2. The van der Waals surface area contributed by atoms with Crippen molar-refractivity contribution in [2.45, 2.75) is 32.8 Å². The average Bonchev–Trinajstić information content (AvgIpc) is 2.70. The number of aromatic nitrogens is 1. The van der Waals surface area contributed by atoms with Crippen LogP contribution in [0.15, 0.2) is 54.6 Å². The van der Waals surface area contributed by atoms with Gasteiger partial charge in [-0.3, -0.25) is 0 Å².